The van der Waals surface area contributed by atoms with Crippen molar-refractivity contribution in [2.45, 2.75) is 19.4 Å². The summed E-state index contributed by atoms with van der Waals surface area (Å²) in [4.78, 5) is 12.6. The van der Waals surface area contributed by atoms with Crippen LogP contribution in [0.3, 0.4) is 0 Å². The average molecular weight is 381 g/mol. The third-order valence-corrected chi connectivity index (χ3v) is 4.69. The summed E-state index contributed by atoms with van der Waals surface area (Å²) in [5, 5.41) is 29.6. The first-order valence-corrected chi connectivity index (χ1v) is 9.05. The molecule has 1 unspecified atom stereocenters. The van der Waals surface area contributed by atoms with E-state index < -0.39 is 0 Å². The lowest BCUT2D eigenvalue weighted by atomic mass is 10.1. The van der Waals surface area contributed by atoms with E-state index in [1.165, 1.54) is 6.33 Å². The Balaban J connectivity index is 1.51. The summed E-state index contributed by atoms with van der Waals surface area (Å²) < 4.78 is 3.19. The quantitative estimate of drug-likeness (QED) is 0.539. The number of carbonyl (C=O) groups is 1. The van der Waals surface area contributed by atoms with Crippen LogP contribution >= 0.6 is 11.3 Å². The molecule has 10 nitrogen and oxygen atoms in total. The van der Waals surface area contributed by atoms with Gasteiger partial charge in [0.2, 0.25) is 5.91 Å². The number of aryl methyl sites for hydroxylation is 1. The smallest absolute Gasteiger partial charge is 0.226 e. The number of benzene rings is 1. The predicted octanol–water partition coefficient (Wildman–Crippen LogP) is 1.64. The molecule has 27 heavy (non-hydrogen) atoms. The van der Waals surface area contributed by atoms with Crippen molar-refractivity contribution in [2.24, 2.45) is 0 Å². The van der Waals surface area contributed by atoms with Gasteiger partial charge in [-0.2, -0.15) is 16.0 Å². The first kappa shape index (κ1) is 17.0. The molecule has 0 fully saturated rings. The molecule has 0 aliphatic rings. The van der Waals surface area contributed by atoms with Crippen LogP contribution in [0.15, 0.2) is 47.4 Å². The van der Waals surface area contributed by atoms with Crippen LogP contribution in [0.5, 0.6) is 0 Å². The maximum atomic E-state index is 12.6. The van der Waals surface area contributed by atoms with Gasteiger partial charge in [-0.15, -0.1) is 10.2 Å². The van der Waals surface area contributed by atoms with E-state index in [1.54, 1.807) is 20.7 Å². The number of amides is 1. The van der Waals surface area contributed by atoms with Crippen LogP contribution in [0, 0.1) is 6.92 Å². The van der Waals surface area contributed by atoms with E-state index in [4.69, 9.17) is 0 Å². The van der Waals surface area contributed by atoms with Crippen molar-refractivity contribution in [3.63, 3.8) is 0 Å². The van der Waals surface area contributed by atoms with Gasteiger partial charge in [0, 0.05) is 5.69 Å². The molecule has 1 aromatic carbocycles. The minimum atomic E-state index is -0.267. The van der Waals surface area contributed by atoms with E-state index >= 15 is 0 Å². The highest BCUT2D eigenvalue weighted by Crippen LogP contribution is 2.24. The molecule has 4 aromatic rings. The normalized spacial score (nSPS) is 12.0. The predicted molar refractivity (Wildman–Crippen MR) is 97.4 cm³/mol. The Morgan fingerprint density at radius 2 is 2.19 bits per heavy atom. The van der Waals surface area contributed by atoms with Crippen LogP contribution in [0.2, 0.25) is 0 Å². The molecule has 0 saturated carbocycles. The maximum Gasteiger partial charge on any atom is 0.226 e. The summed E-state index contributed by atoms with van der Waals surface area (Å²) in [5.41, 5.74) is 2.42. The van der Waals surface area contributed by atoms with E-state index in [-0.39, 0.29) is 18.4 Å². The van der Waals surface area contributed by atoms with Crippen LogP contribution in [0.4, 0.5) is 5.69 Å². The van der Waals surface area contributed by atoms with Gasteiger partial charge in [-0.1, -0.05) is 6.07 Å². The minimum Gasteiger partial charge on any atom is -0.326 e. The van der Waals surface area contributed by atoms with Crippen molar-refractivity contribution in [3.05, 3.63) is 58.8 Å². The van der Waals surface area contributed by atoms with Crippen molar-refractivity contribution >= 4 is 22.9 Å². The third kappa shape index (κ3) is 3.72. The van der Waals surface area contributed by atoms with Crippen LogP contribution in [-0.4, -0.2) is 46.3 Å². The molecular formula is C16H15N9OS. The zero-order valence-electron chi connectivity index (χ0n) is 14.3. The number of carbonyl (C=O) groups excluding carboxylic acids is 1. The van der Waals surface area contributed by atoms with Crippen molar-refractivity contribution in [1.82, 2.24) is 40.4 Å². The van der Waals surface area contributed by atoms with Crippen molar-refractivity contribution < 1.29 is 4.79 Å². The van der Waals surface area contributed by atoms with Crippen molar-refractivity contribution in [2.75, 3.05) is 5.32 Å². The van der Waals surface area contributed by atoms with E-state index in [2.05, 4.69) is 36.4 Å². The first-order chi connectivity index (χ1) is 13.2. The molecule has 3 aromatic heterocycles. The topological polar surface area (TPSA) is 116 Å². The molecule has 1 atom stereocenters. The average Bonchev–Trinajstić information content (AvgIpc) is 3.42. The van der Waals surface area contributed by atoms with Gasteiger partial charge in [0.15, 0.2) is 5.82 Å². The Kier molecular flexibility index (Phi) is 4.66. The fraction of sp³-hybridized carbons (Fsp3) is 0.188. The van der Waals surface area contributed by atoms with Gasteiger partial charge in [0.25, 0.3) is 0 Å². The van der Waals surface area contributed by atoms with Crippen molar-refractivity contribution in [3.8, 4) is 5.69 Å². The Morgan fingerprint density at radius 3 is 2.89 bits per heavy atom. The number of thiophene rings is 1. The van der Waals surface area contributed by atoms with E-state index in [9.17, 15) is 4.79 Å². The van der Waals surface area contributed by atoms with Gasteiger partial charge >= 0.3 is 0 Å². The van der Waals surface area contributed by atoms with Crippen LogP contribution in [0.1, 0.15) is 23.9 Å². The first-order valence-electron chi connectivity index (χ1n) is 8.10. The summed E-state index contributed by atoms with van der Waals surface area (Å²) >= 11 is 1.56. The number of nitrogens with one attached hydrogen (secondary N) is 1. The van der Waals surface area contributed by atoms with E-state index in [0.29, 0.717) is 11.5 Å². The highest BCUT2D eigenvalue weighted by Gasteiger charge is 2.20. The summed E-state index contributed by atoms with van der Waals surface area (Å²) in [6.07, 6.45) is 1.71. The summed E-state index contributed by atoms with van der Waals surface area (Å²) in [6.45, 7) is 1.81. The highest BCUT2D eigenvalue weighted by atomic mass is 32.1. The summed E-state index contributed by atoms with van der Waals surface area (Å²) in [5.74, 6) is 0.516. The molecule has 136 valence electrons. The van der Waals surface area contributed by atoms with Gasteiger partial charge in [0.05, 0.1) is 18.2 Å². The number of hydrogen-bond acceptors (Lipinski definition) is 8. The minimum absolute atomic E-state index is 0.146. The molecule has 3 heterocycles. The fourth-order valence-corrected chi connectivity index (χ4v) is 3.42. The molecule has 0 aliphatic carbocycles. The second kappa shape index (κ2) is 7.41. The molecule has 11 heteroatoms. The van der Waals surface area contributed by atoms with Crippen LogP contribution in [-0.2, 0) is 4.79 Å². The lowest BCUT2D eigenvalue weighted by Crippen LogP contribution is -2.20. The van der Waals surface area contributed by atoms with Gasteiger partial charge in [-0.05, 0) is 68.4 Å². The molecule has 4 rings (SSSR count). The number of tetrazole rings is 2. The van der Waals surface area contributed by atoms with Crippen molar-refractivity contribution in [1.29, 1.82) is 0 Å². The second-order valence-corrected chi connectivity index (χ2v) is 6.58. The molecule has 1 amide bonds. The van der Waals surface area contributed by atoms with Crippen LogP contribution in [0.25, 0.3) is 5.69 Å². The van der Waals surface area contributed by atoms with Gasteiger partial charge in [-0.3, -0.25) is 4.79 Å². The monoisotopic (exact) mass is 381 g/mol. The highest BCUT2D eigenvalue weighted by molar-refractivity contribution is 7.08. The van der Waals surface area contributed by atoms with Gasteiger partial charge < -0.3 is 5.32 Å². The number of rotatable bonds is 6. The fourth-order valence-electron chi connectivity index (χ4n) is 2.71. The molecule has 0 saturated heterocycles. The molecule has 0 bridgehead atoms. The maximum absolute atomic E-state index is 12.6. The SMILES string of the molecule is Cc1nnnn1-c1cccc(NC(=O)CC(c2ccsc2)n2cnnn2)c1. The third-order valence-electron chi connectivity index (χ3n) is 3.99. The second-order valence-electron chi connectivity index (χ2n) is 5.80. The zero-order chi connectivity index (χ0) is 18.6. The number of nitrogens with zero attached hydrogens (tertiary/aromatic N) is 8. The van der Waals surface area contributed by atoms with E-state index in [1.807, 2.05) is 48.0 Å². The standard InChI is InChI=1S/C16H15N9OS/c1-11-19-21-23-25(11)14-4-2-3-13(7-14)18-16(26)8-15(12-5-6-27-9-12)24-10-17-20-22-24/h2-7,9-10,15H,8H2,1H3,(H,18,26). The Labute approximate surface area is 157 Å². The largest absolute Gasteiger partial charge is 0.326 e. The number of hydrogen-bond donors (Lipinski definition) is 1. The lowest BCUT2D eigenvalue weighted by Gasteiger charge is -2.15. The Bertz CT molecular complexity index is 992. The molecule has 0 aliphatic heterocycles. The number of aromatic nitrogens is 8. The van der Waals surface area contributed by atoms with Crippen LogP contribution < -0.4 is 5.32 Å². The Hall–Kier alpha value is -3.47. The Morgan fingerprint density at radius 1 is 1.26 bits per heavy atom. The molecule has 0 radical (unpaired) electrons. The molecule has 0 spiro atoms. The van der Waals surface area contributed by atoms with Gasteiger partial charge in [-0.25, -0.2) is 4.68 Å². The number of anilines is 1. The van der Waals surface area contributed by atoms with Gasteiger partial charge in [0.1, 0.15) is 6.33 Å². The summed E-state index contributed by atoms with van der Waals surface area (Å²) in [6, 6.07) is 9.04. The molecular weight excluding hydrogens is 366 g/mol. The zero-order valence-corrected chi connectivity index (χ0v) is 15.1. The molecule has 1 N–H and O–H groups in total. The van der Waals surface area contributed by atoms with E-state index in [0.717, 1.165) is 11.3 Å². The summed E-state index contributed by atoms with van der Waals surface area (Å²) in [7, 11) is 0. The lowest BCUT2D eigenvalue weighted by molar-refractivity contribution is -0.116.